The summed E-state index contributed by atoms with van der Waals surface area (Å²) in [5, 5.41) is 5.24. The van der Waals surface area contributed by atoms with E-state index in [0.29, 0.717) is 11.7 Å². The molecule has 0 unspecified atom stereocenters. The van der Waals surface area contributed by atoms with Gasteiger partial charge in [-0.2, -0.15) is 5.10 Å². The molecule has 0 fully saturated rings. The van der Waals surface area contributed by atoms with Crippen LogP contribution in [0, 0.1) is 0 Å². The van der Waals surface area contributed by atoms with Gasteiger partial charge in [-0.3, -0.25) is 4.79 Å². The van der Waals surface area contributed by atoms with Crippen LogP contribution in [0.5, 0.6) is 5.75 Å². The lowest BCUT2D eigenvalue weighted by Gasteiger charge is -2.10. The molecule has 1 heterocycles. The zero-order chi connectivity index (χ0) is 23.0. The Hall–Kier alpha value is -3.86. The molecule has 1 N–H and O–H groups in total. The maximum absolute atomic E-state index is 12.2. The van der Waals surface area contributed by atoms with Crippen molar-refractivity contribution in [2.24, 2.45) is 5.10 Å². The van der Waals surface area contributed by atoms with Crippen LogP contribution in [0.1, 0.15) is 42.9 Å². The van der Waals surface area contributed by atoms with Crippen molar-refractivity contribution in [2.75, 3.05) is 6.61 Å². The van der Waals surface area contributed by atoms with E-state index in [9.17, 15) is 4.79 Å². The lowest BCUT2D eigenvalue weighted by Crippen LogP contribution is -2.24. The first-order chi connectivity index (χ1) is 16.1. The van der Waals surface area contributed by atoms with E-state index in [1.165, 1.54) is 11.1 Å². The summed E-state index contributed by atoms with van der Waals surface area (Å²) in [5.74, 6) is 0.880. The number of carbonyl (C=O) groups is 1. The van der Waals surface area contributed by atoms with Gasteiger partial charge in [0.05, 0.1) is 6.21 Å². The molecule has 4 aromatic rings. The maximum Gasteiger partial charge on any atom is 0.277 e. The fourth-order valence-corrected chi connectivity index (χ4v) is 3.77. The lowest BCUT2D eigenvalue weighted by molar-refractivity contribution is -0.123. The Bertz CT molecular complexity index is 1230. The lowest BCUT2D eigenvalue weighted by atomic mass is 9.99. The van der Waals surface area contributed by atoms with Gasteiger partial charge in [-0.15, -0.1) is 0 Å². The van der Waals surface area contributed by atoms with Crippen molar-refractivity contribution in [1.82, 2.24) is 9.99 Å². The number of nitrogens with one attached hydrogen (secondary N) is 1. The minimum absolute atomic E-state index is 0.0875. The van der Waals surface area contributed by atoms with Crippen molar-refractivity contribution >= 4 is 23.0 Å². The number of amides is 1. The van der Waals surface area contributed by atoms with Gasteiger partial charge in [-0.25, -0.2) is 5.43 Å². The predicted molar refractivity (Wildman–Crippen MR) is 134 cm³/mol. The molecule has 1 aromatic heterocycles. The highest BCUT2D eigenvalue weighted by atomic mass is 16.5. The molecule has 5 heteroatoms. The van der Waals surface area contributed by atoms with Gasteiger partial charge in [-0.1, -0.05) is 74.5 Å². The monoisotopic (exact) mass is 439 g/mol. The molecule has 0 aliphatic heterocycles. The number of carbonyl (C=O) groups excluding carboxylic acids is 1. The quantitative estimate of drug-likeness (QED) is 0.267. The van der Waals surface area contributed by atoms with E-state index in [1.807, 2.05) is 54.6 Å². The second-order valence-electron chi connectivity index (χ2n) is 8.18. The van der Waals surface area contributed by atoms with E-state index in [-0.39, 0.29) is 12.5 Å². The van der Waals surface area contributed by atoms with Gasteiger partial charge in [0.1, 0.15) is 5.75 Å². The summed E-state index contributed by atoms with van der Waals surface area (Å²) in [4.78, 5) is 12.2. The van der Waals surface area contributed by atoms with Gasteiger partial charge < -0.3 is 9.30 Å². The van der Waals surface area contributed by atoms with Gasteiger partial charge in [0.15, 0.2) is 6.61 Å². The summed E-state index contributed by atoms with van der Waals surface area (Å²) < 4.78 is 7.78. The summed E-state index contributed by atoms with van der Waals surface area (Å²) >= 11 is 0. The molecule has 0 spiro atoms. The summed E-state index contributed by atoms with van der Waals surface area (Å²) in [7, 11) is 0. The highest BCUT2D eigenvalue weighted by Gasteiger charge is 2.08. The standard InChI is InChI=1S/C28H29N3O2/c1-3-21(2)23-13-15-25(16-14-23)33-20-28(32)30-29-17-24-19-31(18-22-9-5-4-6-10-22)27-12-8-7-11-26(24)27/h4-17,19,21H,3,18,20H2,1-2H3,(H,30,32)/b29-17-/t21-/m0/s1. The number of fused-ring (bicyclic) bond motifs is 1. The molecule has 0 radical (unpaired) electrons. The topological polar surface area (TPSA) is 55.6 Å². The number of ether oxygens (including phenoxy) is 1. The van der Waals surface area contributed by atoms with Gasteiger partial charge in [-0.05, 0) is 41.7 Å². The minimum atomic E-state index is -0.301. The van der Waals surface area contributed by atoms with Crippen molar-refractivity contribution in [2.45, 2.75) is 32.7 Å². The molecule has 0 bridgehead atoms. The SMILES string of the molecule is CC[C@H](C)c1ccc(OCC(=O)N/N=C\c2cn(Cc3ccccc3)c3ccccc23)cc1. The Balaban J connectivity index is 1.37. The van der Waals surface area contributed by atoms with Crippen molar-refractivity contribution in [3.63, 3.8) is 0 Å². The Kier molecular flexibility index (Phi) is 7.20. The Morgan fingerprint density at radius 2 is 1.76 bits per heavy atom. The Labute approximate surface area is 194 Å². The molecule has 0 saturated heterocycles. The molecule has 33 heavy (non-hydrogen) atoms. The van der Waals surface area contributed by atoms with Crippen molar-refractivity contribution in [3.05, 3.63) is 102 Å². The van der Waals surface area contributed by atoms with Crippen LogP contribution >= 0.6 is 0 Å². The molecule has 0 aliphatic carbocycles. The molecular formula is C28H29N3O2. The smallest absolute Gasteiger partial charge is 0.277 e. The number of rotatable bonds is 9. The van der Waals surface area contributed by atoms with Gasteiger partial charge in [0.2, 0.25) is 0 Å². The third kappa shape index (κ3) is 5.69. The molecule has 1 atom stereocenters. The van der Waals surface area contributed by atoms with Crippen LogP contribution in [0.2, 0.25) is 0 Å². The first kappa shape index (κ1) is 22.3. The minimum Gasteiger partial charge on any atom is -0.484 e. The van der Waals surface area contributed by atoms with Crippen molar-refractivity contribution in [1.29, 1.82) is 0 Å². The number of hydrogen-bond donors (Lipinski definition) is 1. The van der Waals surface area contributed by atoms with Crippen LogP contribution in [-0.2, 0) is 11.3 Å². The van der Waals surface area contributed by atoms with Crippen LogP contribution in [0.4, 0.5) is 0 Å². The zero-order valence-electron chi connectivity index (χ0n) is 19.1. The van der Waals surface area contributed by atoms with E-state index in [4.69, 9.17) is 4.74 Å². The molecule has 0 saturated carbocycles. The second kappa shape index (κ2) is 10.6. The number of nitrogens with zero attached hydrogens (tertiary/aromatic N) is 2. The molecule has 0 aliphatic rings. The third-order valence-electron chi connectivity index (χ3n) is 5.84. The summed E-state index contributed by atoms with van der Waals surface area (Å²) in [6, 6.07) is 26.4. The number of hydrazone groups is 1. The van der Waals surface area contributed by atoms with E-state index in [1.54, 1.807) is 6.21 Å². The fraction of sp³-hybridized carbons (Fsp3) is 0.214. The maximum atomic E-state index is 12.2. The molecule has 3 aromatic carbocycles. The largest absolute Gasteiger partial charge is 0.484 e. The highest BCUT2D eigenvalue weighted by Crippen LogP contribution is 2.22. The molecule has 4 rings (SSSR count). The highest BCUT2D eigenvalue weighted by molar-refractivity contribution is 5.99. The van der Waals surface area contributed by atoms with Crippen LogP contribution < -0.4 is 10.2 Å². The van der Waals surface area contributed by atoms with Crippen LogP contribution in [0.3, 0.4) is 0 Å². The number of hydrogen-bond acceptors (Lipinski definition) is 3. The molecule has 5 nitrogen and oxygen atoms in total. The van der Waals surface area contributed by atoms with Gasteiger partial charge in [0, 0.05) is 29.2 Å². The van der Waals surface area contributed by atoms with Crippen molar-refractivity contribution in [3.8, 4) is 5.75 Å². The summed E-state index contributed by atoms with van der Waals surface area (Å²) in [6.45, 7) is 5.04. The molecule has 1 amide bonds. The van der Waals surface area contributed by atoms with Crippen LogP contribution in [0.15, 0.2) is 90.2 Å². The first-order valence-electron chi connectivity index (χ1n) is 11.3. The Morgan fingerprint density at radius 1 is 1.03 bits per heavy atom. The number of benzene rings is 3. The van der Waals surface area contributed by atoms with Crippen LogP contribution in [0.25, 0.3) is 10.9 Å². The third-order valence-corrected chi connectivity index (χ3v) is 5.84. The summed E-state index contributed by atoms with van der Waals surface area (Å²) in [5.41, 5.74) is 7.13. The predicted octanol–water partition coefficient (Wildman–Crippen LogP) is 5.73. The van der Waals surface area contributed by atoms with E-state index >= 15 is 0 Å². The fourth-order valence-electron chi connectivity index (χ4n) is 3.77. The second-order valence-corrected chi connectivity index (χ2v) is 8.18. The molecular weight excluding hydrogens is 410 g/mol. The normalized spacial score (nSPS) is 12.2. The van der Waals surface area contributed by atoms with E-state index < -0.39 is 0 Å². The van der Waals surface area contributed by atoms with E-state index in [0.717, 1.165) is 29.4 Å². The van der Waals surface area contributed by atoms with Crippen LogP contribution in [-0.4, -0.2) is 23.3 Å². The van der Waals surface area contributed by atoms with Gasteiger partial charge >= 0.3 is 0 Å². The molecule has 168 valence electrons. The summed E-state index contributed by atoms with van der Waals surface area (Å²) in [6.07, 6.45) is 4.83. The Morgan fingerprint density at radius 3 is 2.52 bits per heavy atom. The van der Waals surface area contributed by atoms with Gasteiger partial charge in [0.25, 0.3) is 5.91 Å². The van der Waals surface area contributed by atoms with Crippen molar-refractivity contribution < 1.29 is 9.53 Å². The number of aromatic nitrogens is 1. The van der Waals surface area contributed by atoms with E-state index in [2.05, 4.69) is 59.4 Å². The number of para-hydroxylation sites is 1. The average Bonchev–Trinajstić information content (AvgIpc) is 3.20. The first-order valence-corrected chi connectivity index (χ1v) is 11.3. The average molecular weight is 440 g/mol. The zero-order valence-corrected chi connectivity index (χ0v) is 19.1.